The molecule has 0 radical (unpaired) electrons. The van der Waals surface area contributed by atoms with Crippen molar-refractivity contribution < 1.29 is 4.74 Å². The Labute approximate surface area is 120 Å². The summed E-state index contributed by atoms with van der Waals surface area (Å²) in [5, 5.41) is 3.35. The van der Waals surface area contributed by atoms with Gasteiger partial charge in [0.05, 0.1) is 12.8 Å². The van der Waals surface area contributed by atoms with E-state index in [1.165, 1.54) is 5.69 Å². The van der Waals surface area contributed by atoms with Gasteiger partial charge in [-0.3, -0.25) is 0 Å². The van der Waals surface area contributed by atoms with Gasteiger partial charge in [0, 0.05) is 28.8 Å². The average molecular weight is 322 g/mol. The minimum Gasteiger partial charge on any atom is -0.496 e. The molecule has 1 aliphatic heterocycles. The van der Waals surface area contributed by atoms with Crippen molar-refractivity contribution in [2.45, 2.75) is 19.9 Å². The molecule has 4 nitrogen and oxygen atoms in total. The van der Waals surface area contributed by atoms with Crippen LogP contribution in [0.3, 0.4) is 0 Å². The maximum atomic E-state index is 5.45. The first kappa shape index (κ1) is 12.5. The van der Waals surface area contributed by atoms with E-state index in [4.69, 9.17) is 9.72 Å². The Morgan fingerprint density at radius 1 is 1.42 bits per heavy atom. The van der Waals surface area contributed by atoms with Crippen LogP contribution in [0, 0.1) is 6.92 Å². The third kappa shape index (κ3) is 2.12. The van der Waals surface area contributed by atoms with E-state index in [2.05, 4.69) is 38.8 Å². The van der Waals surface area contributed by atoms with E-state index in [-0.39, 0.29) is 0 Å². The highest BCUT2D eigenvalue weighted by Crippen LogP contribution is 2.35. The quantitative estimate of drug-likeness (QED) is 0.920. The first-order valence-corrected chi connectivity index (χ1v) is 7.15. The van der Waals surface area contributed by atoms with Crippen LogP contribution in [0.15, 0.2) is 22.7 Å². The lowest BCUT2D eigenvalue weighted by atomic mass is 10.1. The molecule has 1 aromatic carbocycles. The summed E-state index contributed by atoms with van der Waals surface area (Å²) in [6.07, 6.45) is 1.14. The molecule has 0 aliphatic carbocycles. The number of ether oxygens (including phenoxy) is 1. The standard InChI is InChI=1S/C14H16BrN3O/c1-9-13(17-14-16-6-3-7-18(9)14)11-8-10(15)4-5-12(11)19-2/h4-5,8H,3,6-7H2,1-2H3,(H,16,17). The van der Waals surface area contributed by atoms with Crippen LogP contribution in [-0.2, 0) is 6.54 Å². The Morgan fingerprint density at radius 2 is 2.26 bits per heavy atom. The topological polar surface area (TPSA) is 39.1 Å². The van der Waals surface area contributed by atoms with Gasteiger partial charge in [-0.2, -0.15) is 0 Å². The second-order valence-corrected chi connectivity index (χ2v) is 5.56. The van der Waals surface area contributed by atoms with Crippen molar-refractivity contribution in [2.24, 2.45) is 0 Å². The van der Waals surface area contributed by atoms with Crippen LogP contribution >= 0.6 is 15.9 Å². The van der Waals surface area contributed by atoms with E-state index in [0.29, 0.717) is 0 Å². The molecule has 0 bridgehead atoms. The maximum absolute atomic E-state index is 5.45. The maximum Gasteiger partial charge on any atom is 0.203 e. The van der Waals surface area contributed by atoms with Gasteiger partial charge in [-0.1, -0.05) is 15.9 Å². The van der Waals surface area contributed by atoms with E-state index in [9.17, 15) is 0 Å². The second kappa shape index (κ2) is 4.89. The van der Waals surface area contributed by atoms with Gasteiger partial charge in [-0.25, -0.2) is 4.98 Å². The molecular weight excluding hydrogens is 306 g/mol. The highest BCUT2D eigenvalue weighted by atomic mass is 79.9. The third-order valence-electron chi connectivity index (χ3n) is 3.48. The monoisotopic (exact) mass is 321 g/mol. The molecule has 5 heteroatoms. The number of fused-ring (bicyclic) bond motifs is 1. The Balaban J connectivity index is 2.17. The molecule has 3 rings (SSSR count). The van der Waals surface area contributed by atoms with Gasteiger partial charge in [0.2, 0.25) is 5.95 Å². The van der Waals surface area contributed by atoms with Crippen LogP contribution in [0.25, 0.3) is 11.3 Å². The fourth-order valence-corrected chi connectivity index (χ4v) is 2.86. The van der Waals surface area contributed by atoms with Crippen LogP contribution < -0.4 is 10.1 Å². The smallest absolute Gasteiger partial charge is 0.203 e. The van der Waals surface area contributed by atoms with E-state index >= 15 is 0 Å². The third-order valence-corrected chi connectivity index (χ3v) is 3.97. The summed E-state index contributed by atoms with van der Waals surface area (Å²) >= 11 is 3.51. The van der Waals surface area contributed by atoms with Gasteiger partial charge in [0.1, 0.15) is 5.75 Å². The number of halogens is 1. The van der Waals surface area contributed by atoms with Crippen molar-refractivity contribution in [1.29, 1.82) is 0 Å². The molecule has 0 saturated heterocycles. The predicted octanol–water partition coefficient (Wildman–Crippen LogP) is 3.45. The molecule has 0 atom stereocenters. The van der Waals surface area contributed by atoms with Crippen LogP contribution in [0.4, 0.5) is 5.95 Å². The zero-order valence-corrected chi connectivity index (χ0v) is 12.6. The number of rotatable bonds is 2. The summed E-state index contributed by atoms with van der Waals surface area (Å²) in [6.45, 7) is 4.13. The van der Waals surface area contributed by atoms with Gasteiger partial charge in [-0.15, -0.1) is 0 Å². The number of hydrogen-bond donors (Lipinski definition) is 1. The van der Waals surface area contributed by atoms with Crippen molar-refractivity contribution in [3.8, 4) is 17.0 Å². The van der Waals surface area contributed by atoms with Crippen molar-refractivity contribution in [2.75, 3.05) is 19.0 Å². The number of nitrogens with one attached hydrogen (secondary N) is 1. The number of aromatic nitrogens is 2. The van der Waals surface area contributed by atoms with Gasteiger partial charge < -0.3 is 14.6 Å². The summed E-state index contributed by atoms with van der Waals surface area (Å²) in [5.41, 5.74) is 3.19. The predicted molar refractivity (Wildman–Crippen MR) is 79.8 cm³/mol. The summed E-state index contributed by atoms with van der Waals surface area (Å²) in [7, 11) is 1.69. The number of hydrogen-bond acceptors (Lipinski definition) is 3. The molecule has 0 saturated carbocycles. The van der Waals surface area contributed by atoms with Gasteiger partial charge in [0.25, 0.3) is 0 Å². The number of imidazole rings is 1. The molecule has 0 spiro atoms. The van der Waals surface area contributed by atoms with Gasteiger partial charge >= 0.3 is 0 Å². The molecule has 2 heterocycles. The highest BCUT2D eigenvalue weighted by molar-refractivity contribution is 9.10. The molecule has 2 aromatic rings. The minimum absolute atomic E-state index is 0.849. The Hall–Kier alpha value is -1.49. The summed E-state index contributed by atoms with van der Waals surface area (Å²) in [6, 6.07) is 6.00. The lowest BCUT2D eigenvalue weighted by molar-refractivity contribution is 0.416. The normalized spacial score (nSPS) is 13.8. The number of benzene rings is 1. The Morgan fingerprint density at radius 3 is 3.00 bits per heavy atom. The number of anilines is 1. The first-order chi connectivity index (χ1) is 9.20. The SMILES string of the molecule is COc1ccc(Br)cc1-c1nc2n(c1C)CCCN2. The molecule has 0 unspecified atom stereocenters. The lowest BCUT2D eigenvalue weighted by Gasteiger charge is -2.16. The lowest BCUT2D eigenvalue weighted by Crippen LogP contribution is -2.17. The van der Waals surface area contributed by atoms with Crippen molar-refractivity contribution in [1.82, 2.24) is 9.55 Å². The van der Waals surface area contributed by atoms with Crippen molar-refractivity contribution in [3.63, 3.8) is 0 Å². The zero-order valence-electron chi connectivity index (χ0n) is 11.0. The molecule has 1 aliphatic rings. The molecule has 19 heavy (non-hydrogen) atoms. The minimum atomic E-state index is 0.849. The first-order valence-electron chi connectivity index (χ1n) is 6.35. The fraction of sp³-hybridized carbons (Fsp3) is 0.357. The average Bonchev–Trinajstić information content (AvgIpc) is 2.76. The van der Waals surface area contributed by atoms with E-state index < -0.39 is 0 Å². The molecule has 1 aromatic heterocycles. The zero-order chi connectivity index (χ0) is 13.4. The van der Waals surface area contributed by atoms with E-state index in [1.54, 1.807) is 7.11 Å². The van der Waals surface area contributed by atoms with E-state index in [0.717, 1.165) is 46.9 Å². The fourth-order valence-electron chi connectivity index (χ4n) is 2.50. The molecule has 100 valence electrons. The second-order valence-electron chi connectivity index (χ2n) is 4.65. The summed E-state index contributed by atoms with van der Waals surface area (Å²) in [5.74, 6) is 1.81. The van der Waals surface area contributed by atoms with Crippen LogP contribution in [0.2, 0.25) is 0 Å². The molecule has 0 fully saturated rings. The molecule has 0 amide bonds. The van der Waals surface area contributed by atoms with Crippen LogP contribution in [0.5, 0.6) is 5.75 Å². The molecular formula is C14H16BrN3O. The largest absolute Gasteiger partial charge is 0.496 e. The van der Waals surface area contributed by atoms with Gasteiger partial charge in [0.15, 0.2) is 0 Å². The van der Waals surface area contributed by atoms with Crippen LogP contribution in [0.1, 0.15) is 12.1 Å². The van der Waals surface area contributed by atoms with Crippen LogP contribution in [-0.4, -0.2) is 23.2 Å². The number of methoxy groups -OCH3 is 1. The van der Waals surface area contributed by atoms with Gasteiger partial charge in [-0.05, 0) is 31.5 Å². The number of nitrogens with zero attached hydrogens (tertiary/aromatic N) is 2. The van der Waals surface area contributed by atoms with Crippen molar-refractivity contribution >= 4 is 21.9 Å². The van der Waals surface area contributed by atoms with E-state index in [1.807, 2.05) is 12.1 Å². The summed E-state index contributed by atoms with van der Waals surface area (Å²) in [4.78, 5) is 4.72. The Kier molecular flexibility index (Phi) is 3.22. The highest BCUT2D eigenvalue weighted by Gasteiger charge is 2.20. The Bertz CT molecular complexity index is 621. The van der Waals surface area contributed by atoms with Crippen molar-refractivity contribution in [3.05, 3.63) is 28.4 Å². The summed E-state index contributed by atoms with van der Waals surface area (Å²) < 4.78 is 8.72. The molecule has 1 N–H and O–H groups in total.